The zero-order valence-corrected chi connectivity index (χ0v) is 25.0. The third-order valence-corrected chi connectivity index (χ3v) is 8.00. The van der Waals surface area contributed by atoms with Gasteiger partial charge in [-0.25, -0.2) is 14.2 Å². The Hall–Kier alpha value is -5.53. The van der Waals surface area contributed by atoms with Gasteiger partial charge >= 0.3 is 6.09 Å². The number of nitrogens with zero attached hydrogens (tertiary/aromatic N) is 6. The molecule has 14 heteroatoms. The van der Waals surface area contributed by atoms with Crippen LogP contribution >= 0.6 is 0 Å². The van der Waals surface area contributed by atoms with E-state index < -0.39 is 23.9 Å². The fourth-order valence-corrected chi connectivity index (χ4v) is 5.48. The number of piperazine rings is 1. The van der Waals surface area contributed by atoms with Crippen molar-refractivity contribution in [2.75, 3.05) is 55.6 Å². The molecule has 4 aromatic rings. The van der Waals surface area contributed by atoms with Gasteiger partial charge in [-0.15, -0.1) is 0 Å². The quantitative estimate of drug-likeness (QED) is 0.272. The topological polar surface area (TPSA) is 141 Å². The molecule has 13 nitrogen and oxygen atoms in total. The molecule has 2 aromatic heterocycles. The molecule has 1 atom stereocenters. The Morgan fingerprint density at radius 2 is 1.83 bits per heavy atom. The molecule has 0 spiro atoms. The van der Waals surface area contributed by atoms with Crippen LogP contribution in [0.3, 0.4) is 0 Å². The number of halogens is 1. The molecule has 2 N–H and O–H groups in total. The van der Waals surface area contributed by atoms with Crippen LogP contribution in [0.2, 0.25) is 0 Å². The Labute approximate surface area is 264 Å². The van der Waals surface area contributed by atoms with E-state index in [2.05, 4.69) is 20.6 Å². The molecule has 0 radical (unpaired) electrons. The highest BCUT2D eigenvalue weighted by atomic mass is 19.1. The zero-order valence-electron chi connectivity index (χ0n) is 25.0. The molecule has 46 heavy (non-hydrogen) atoms. The van der Waals surface area contributed by atoms with Crippen molar-refractivity contribution in [1.29, 1.82) is 0 Å². The summed E-state index contributed by atoms with van der Waals surface area (Å²) in [5, 5.41) is 5.42. The number of ether oxygens (including phenoxy) is 1. The summed E-state index contributed by atoms with van der Waals surface area (Å²) in [6.45, 7) is 1.67. The van der Waals surface area contributed by atoms with Crippen LogP contribution in [-0.2, 0) is 20.7 Å². The minimum atomic E-state index is -0.604. The standard InChI is InChI=1S/C32H33FN8O5/c33-25-16-23(41-20-24(46-32(41)45)17-35-29(42)9-6-22-4-2-1-3-5-22)7-8-27(25)38-12-14-39(15-13-38)30(43)19-36-31(44)26-21-40-11-10-34-18-28(40)37-26/h1-5,7-8,10-11,16,18,21,24H,6,9,12-15,17,19-20H2,(H,35,42)(H,36,44)/t24-/m0/s1. The maximum atomic E-state index is 15.3. The number of carbonyl (C=O) groups excluding carboxylic acids is 4. The average Bonchev–Trinajstić information content (AvgIpc) is 3.69. The Morgan fingerprint density at radius 3 is 2.59 bits per heavy atom. The third-order valence-electron chi connectivity index (χ3n) is 8.00. The summed E-state index contributed by atoms with van der Waals surface area (Å²) in [6.07, 6.45) is 6.13. The first kappa shape index (κ1) is 30.5. The number of amides is 4. The van der Waals surface area contributed by atoms with E-state index in [0.29, 0.717) is 56.0 Å². The molecular weight excluding hydrogens is 595 g/mol. The van der Waals surface area contributed by atoms with Crippen molar-refractivity contribution >= 4 is 40.8 Å². The van der Waals surface area contributed by atoms with Crippen LogP contribution in [0.1, 0.15) is 22.5 Å². The van der Waals surface area contributed by atoms with Crippen LogP contribution in [0, 0.1) is 5.82 Å². The van der Waals surface area contributed by atoms with Crippen LogP contribution in [0.4, 0.5) is 20.6 Å². The van der Waals surface area contributed by atoms with E-state index in [1.165, 1.54) is 17.2 Å². The number of anilines is 2. The van der Waals surface area contributed by atoms with Crippen LogP contribution in [0.15, 0.2) is 73.3 Å². The Balaban J connectivity index is 0.951. The van der Waals surface area contributed by atoms with Gasteiger partial charge in [0, 0.05) is 51.2 Å². The van der Waals surface area contributed by atoms with Gasteiger partial charge in [-0.2, -0.15) is 0 Å². The van der Waals surface area contributed by atoms with Gasteiger partial charge in [0.25, 0.3) is 5.91 Å². The Bertz CT molecular complexity index is 1710. The zero-order chi connectivity index (χ0) is 32.0. The van der Waals surface area contributed by atoms with E-state index in [0.717, 1.165) is 5.56 Å². The number of aromatic nitrogens is 3. The molecule has 2 fully saturated rings. The number of rotatable bonds is 10. The summed E-state index contributed by atoms with van der Waals surface area (Å²) in [5.41, 5.74) is 2.49. The largest absolute Gasteiger partial charge is 0.442 e. The maximum Gasteiger partial charge on any atom is 0.414 e. The van der Waals surface area contributed by atoms with E-state index in [-0.39, 0.29) is 37.1 Å². The number of hydrogen-bond donors (Lipinski definition) is 2. The molecule has 4 amide bonds. The molecule has 2 aliphatic rings. The number of carbonyl (C=O) groups is 4. The molecule has 6 rings (SSSR count). The molecule has 2 aliphatic heterocycles. The first-order valence-corrected chi connectivity index (χ1v) is 15.0. The predicted octanol–water partition coefficient (Wildman–Crippen LogP) is 2.02. The van der Waals surface area contributed by atoms with Crippen molar-refractivity contribution in [1.82, 2.24) is 29.9 Å². The summed E-state index contributed by atoms with van der Waals surface area (Å²) in [7, 11) is 0. The lowest BCUT2D eigenvalue weighted by atomic mass is 10.1. The highest BCUT2D eigenvalue weighted by Gasteiger charge is 2.33. The lowest BCUT2D eigenvalue weighted by Crippen LogP contribution is -2.51. The van der Waals surface area contributed by atoms with E-state index in [1.54, 1.807) is 40.0 Å². The second kappa shape index (κ2) is 13.6. The number of fused-ring (bicyclic) bond motifs is 1. The first-order valence-electron chi connectivity index (χ1n) is 15.0. The molecule has 0 saturated carbocycles. The van der Waals surface area contributed by atoms with E-state index >= 15 is 4.39 Å². The highest BCUT2D eigenvalue weighted by molar-refractivity contribution is 5.95. The van der Waals surface area contributed by atoms with Gasteiger partial charge in [0.05, 0.1) is 37.2 Å². The SMILES string of the molecule is O=C(CCc1ccccc1)NC[C@H]1CN(c2ccc(N3CCN(C(=O)CNC(=O)c4cn5ccncc5n4)CC3)c(F)c2)C(=O)O1. The van der Waals surface area contributed by atoms with Crippen molar-refractivity contribution in [2.45, 2.75) is 18.9 Å². The molecular formula is C32H33FN8O5. The lowest BCUT2D eigenvalue weighted by Gasteiger charge is -2.36. The maximum absolute atomic E-state index is 15.3. The van der Waals surface area contributed by atoms with Crippen LogP contribution in [0.5, 0.6) is 0 Å². The monoisotopic (exact) mass is 628 g/mol. The Morgan fingerprint density at radius 1 is 1.02 bits per heavy atom. The number of imidazole rings is 1. The predicted molar refractivity (Wildman–Crippen MR) is 166 cm³/mol. The van der Waals surface area contributed by atoms with Crippen LogP contribution in [-0.4, -0.2) is 95.0 Å². The van der Waals surface area contributed by atoms with Gasteiger partial charge in [-0.1, -0.05) is 30.3 Å². The number of nitrogens with one attached hydrogen (secondary N) is 2. The summed E-state index contributed by atoms with van der Waals surface area (Å²) < 4.78 is 22.3. The molecule has 4 heterocycles. The van der Waals surface area contributed by atoms with Crippen LogP contribution in [0.25, 0.3) is 5.65 Å². The van der Waals surface area contributed by atoms with Gasteiger partial charge in [0.15, 0.2) is 5.65 Å². The number of aryl methyl sites for hydroxylation is 1. The molecule has 2 saturated heterocycles. The first-order chi connectivity index (χ1) is 22.3. The fourth-order valence-electron chi connectivity index (χ4n) is 5.48. The molecule has 0 bridgehead atoms. The van der Waals surface area contributed by atoms with Gasteiger partial charge in [0.1, 0.15) is 17.6 Å². The van der Waals surface area contributed by atoms with Crippen molar-refractivity contribution < 1.29 is 28.3 Å². The number of hydrogen-bond acceptors (Lipinski definition) is 8. The van der Waals surface area contributed by atoms with E-state index in [1.807, 2.05) is 35.2 Å². The summed E-state index contributed by atoms with van der Waals surface area (Å²) in [5.74, 6) is -1.35. The second-order valence-electron chi connectivity index (χ2n) is 11.1. The van der Waals surface area contributed by atoms with Gasteiger partial charge in [-0.05, 0) is 30.2 Å². The fraction of sp³-hybridized carbons (Fsp3) is 0.312. The summed E-state index contributed by atoms with van der Waals surface area (Å²) in [4.78, 5) is 63.0. The van der Waals surface area contributed by atoms with Gasteiger partial charge in [-0.3, -0.25) is 24.3 Å². The lowest BCUT2D eigenvalue weighted by molar-refractivity contribution is -0.130. The second-order valence-corrected chi connectivity index (χ2v) is 11.1. The smallest absolute Gasteiger partial charge is 0.414 e. The Kier molecular flexibility index (Phi) is 9.03. The average molecular weight is 629 g/mol. The molecule has 0 aliphatic carbocycles. The van der Waals surface area contributed by atoms with Crippen molar-refractivity contribution in [2.24, 2.45) is 0 Å². The van der Waals surface area contributed by atoms with Crippen molar-refractivity contribution in [3.63, 3.8) is 0 Å². The minimum absolute atomic E-state index is 0.138. The van der Waals surface area contributed by atoms with Crippen LogP contribution < -0.4 is 20.4 Å². The third kappa shape index (κ3) is 7.06. The number of benzene rings is 2. The summed E-state index contributed by atoms with van der Waals surface area (Å²) >= 11 is 0. The van der Waals surface area contributed by atoms with E-state index in [9.17, 15) is 19.2 Å². The van der Waals surface area contributed by atoms with Crippen molar-refractivity contribution in [3.05, 3.63) is 90.4 Å². The normalized spacial score (nSPS) is 16.4. The highest BCUT2D eigenvalue weighted by Crippen LogP contribution is 2.28. The van der Waals surface area contributed by atoms with Gasteiger partial charge < -0.3 is 29.6 Å². The minimum Gasteiger partial charge on any atom is -0.442 e. The summed E-state index contributed by atoms with van der Waals surface area (Å²) in [6, 6.07) is 14.3. The molecule has 238 valence electrons. The van der Waals surface area contributed by atoms with E-state index in [4.69, 9.17) is 4.74 Å². The van der Waals surface area contributed by atoms with Crippen molar-refractivity contribution in [3.8, 4) is 0 Å². The number of cyclic esters (lactones) is 1. The van der Waals surface area contributed by atoms with Gasteiger partial charge in [0.2, 0.25) is 11.8 Å². The molecule has 2 aromatic carbocycles. The molecule has 0 unspecified atom stereocenters.